The van der Waals surface area contributed by atoms with Crippen molar-refractivity contribution in [3.8, 4) is 10.6 Å². The monoisotopic (exact) mass is 426 g/mol. The molecule has 3 fully saturated rings. The van der Waals surface area contributed by atoms with Crippen molar-refractivity contribution in [2.75, 3.05) is 23.7 Å². The molecule has 5 rings (SSSR count). The Morgan fingerprint density at radius 2 is 2.07 bits per heavy atom. The highest BCUT2D eigenvalue weighted by atomic mass is 35.5. The number of carbonyl (C=O) groups is 1. The molecule has 3 aliphatic heterocycles. The van der Waals surface area contributed by atoms with Crippen LogP contribution in [0.5, 0.6) is 0 Å². The van der Waals surface area contributed by atoms with Crippen molar-refractivity contribution in [3.05, 3.63) is 16.5 Å². The molecule has 5 heterocycles. The lowest BCUT2D eigenvalue weighted by atomic mass is 9.91. The molecule has 2 atom stereocenters. The summed E-state index contributed by atoms with van der Waals surface area (Å²) in [4.78, 5) is 22.4. The zero-order valence-electron chi connectivity index (χ0n) is 15.6. The van der Waals surface area contributed by atoms with Crippen molar-refractivity contribution in [2.24, 2.45) is 0 Å². The van der Waals surface area contributed by atoms with Gasteiger partial charge in [0.15, 0.2) is 5.13 Å². The van der Waals surface area contributed by atoms with Crippen LogP contribution in [0.3, 0.4) is 0 Å². The van der Waals surface area contributed by atoms with Crippen molar-refractivity contribution in [3.63, 3.8) is 0 Å². The van der Waals surface area contributed by atoms with Gasteiger partial charge in [-0.2, -0.15) is 0 Å². The zero-order chi connectivity index (χ0) is 19.3. The molecule has 146 valence electrons. The van der Waals surface area contributed by atoms with Crippen LogP contribution in [-0.4, -0.2) is 46.8 Å². The predicted molar refractivity (Wildman–Crippen MR) is 112 cm³/mol. The van der Waals surface area contributed by atoms with Crippen LogP contribution in [0, 0.1) is 0 Å². The third-order valence-electron chi connectivity index (χ3n) is 4.85. The van der Waals surface area contributed by atoms with E-state index >= 15 is 0 Å². The number of nitrogen functional groups attached to an aromatic ring is 1. The molecule has 0 aliphatic carbocycles. The van der Waals surface area contributed by atoms with E-state index in [2.05, 4.69) is 9.88 Å². The SMILES string of the molecule is CC(C)(C)OC(=O)N1CC2CCC1CN2c1sc(N)nc1-c1cc(Cl)cs1. The molecule has 6 nitrogen and oxygen atoms in total. The van der Waals surface area contributed by atoms with Crippen molar-refractivity contribution in [1.29, 1.82) is 0 Å². The number of piperazine rings is 1. The third-order valence-corrected chi connectivity index (χ3v) is 7.05. The minimum Gasteiger partial charge on any atom is -0.444 e. The number of carbonyl (C=O) groups excluding carboxylic acids is 1. The first-order valence-corrected chi connectivity index (χ1v) is 11.1. The first-order chi connectivity index (χ1) is 12.7. The molecule has 2 aromatic rings. The van der Waals surface area contributed by atoms with Gasteiger partial charge < -0.3 is 20.3 Å². The second-order valence-electron chi connectivity index (χ2n) is 8.01. The predicted octanol–water partition coefficient (Wildman–Crippen LogP) is 4.70. The molecule has 0 aromatic carbocycles. The summed E-state index contributed by atoms with van der Waals surface area (Å²) in [6, 6.07) is 2.32. The summed E-state index contributed by atoms with van der Waals surface area (Å²) >= 11 is 9.19. The number of fused-ring (bicyclic) bond motifs is 3. The van der Waals surface area contributed by atoms with E-state index in [-0.39, 0.29) is 18.2 Å². The Balaban J connectivity index is 1.58. The van der Waals surface area contributed by atoms with E-state index in [1.54, 1.807) is 11.3 Å². The van der Waals surface area contributed by atoms with Crippen LogP contribution in [0.1, 0.15) is 33.6 Å². The van der Waals surface area contributed by atoms with Crippen molar-refractivity contribution in [2.45, 2.75) is 51.3 Å². The molecular formula is C18H23ClN4O2S2. The molecule has 2 unspecified atom stereocenters. The number of thiazole rings is 1. The van der Waals surface area contributed by atoms with Gasteiger partial charge in [-0.3, -0.25) is 0 Å². The first-order valence-electron chi connectivity index (χ1n) is 8.98. The number of halogens is 1. The Kier molecular flexibility index (Phi) is 4.76. The maximum Gasteiger partial charge on any atom is 0.410 e. The number of piperidine rings is 2. The second kappa shape index (κ2) is 6.83. The van der Waals surface area contributed by atoms with Crippen LogP contribution in [-0.2, 0) is 4.74 Å². The van der Waals surface area contributed by atoms with Gasteiger partial charge >= 0.3 is 6.09 Å². The van der Waals surface area contributed by atoms with Crippen molar-refractivity contribution >= 4 is 50.5 Å². The van der Waals surface area contributed by atoms with E-state index in [0.29, 0.717) is 16.7 Å². The quantitative estimate of drug-likeness (QED) is 0.753. The fourth-order valence-electron chi connectivity index (χ4n) is 3.74. The fourth-order valence-corrected chi connectivity index (χ4v) is 5.80. The van der Waals surface area contributed by atoms with E-state index in [1.165, 1.54) is 11.3 Å². The average molecular weight is 427 g/mol. The van der Waals surface area contributed by atoms with Crippen molar-refractivity contribution in [1.82, 2.24) is 9.88 Å². The highest BCUT2D eigenvalue weighted by Crippen LogP contribution is 2.44. The lowest BCUT2D eigenvalue weighted by Gasteiger charge is -2.51. The molecule has 9 heteroatoms. The topological polar surface area (TPSA) is 71.7 Å². The number of anilines is 2. The Labute approximate surface area is 171 Å². The Hall–Kier alpha value is -1.51. The molecule has 0 radical (unpaired) electrons. The summed E-state index contributed by atoms with van der Waals surface area (Å²) in [5, 5.41) is 4.24. The number of nitrogens with two attached hydrogens (primary N) is 1. The molecule has 0 spiro atoms. The van der Waals surface area contributed by atoms with Gasteiger partial charge in [0.05, 0.1) is 15.9 Å². The Morgan fingerprint density at radius 1 is 1.33 bits per heavy atom. The second-order valence-corrected chi connectivity index (χ2v) is 10.4. The maximum absolute atomic E-state index is 12.6. The number of amides is 1. The molecule has 2 bridgehead atoms. The van der Waals surface area contributed by atoms with E-state index in [1.807, 2.05) is 37.1 Å². The van der Waals surface area contributed by atoms with Gasteiger partial charge in [0.2, 0.25) is 0 Å². The molecule has 3 aliphatic rings. The maximum atomic E-state index is 12.6. The lowest BCUT2D eigenvalue weighted by Crippen LogP contribution is -2.64. The number of ether oxygens (including phenoxy) is 1. The summed E-state index contributed by atoms with van der Waals surface area (Å²) in [5.74, 6) is 0. The molecule has 3 saturated heterocycles. The highest BCUT2D eigenvalue weighted by molar-refractivity contribution is 7.20. The number of hydrogen-bond acceptors (Lipinski definition) is 7. The van der Waals surface area contributed by atoms with Crippen LogP contribution in [0.25, 0.3) is 10.6 Å². The highest BCUT2D eigenvalue weighted by Gasteiger charge is 2.43. The molecular weight excluding hydrogens is 404 g/mol. The van der Waals surface area contributed by atoms with Gasteiger partial charge in [0, 0.05) is 24.5 Å². The standard InChI is InChI=1S/C18H23ClN4O2S2/c1-18(2,3)25-17(24)23-8-11-4-5-12(23)7-22(11)15-14(21-16(20)27-15)13-6-10(19)9-26-13/h6,9,11-12H,4-5,7-8H2,1-3H3,(H2,20,21). The summed E-state index contributed by atoms with van der Waals surface area (Å²) < 4.78 is 5.60. The fraction of sp³-hybridized carbons (Fsp3) is 0.556. The van der Waals surface area contributed by atoms with E-state index in [4.69, 9.17) is 22.1 Å². The van der Waals surface area contributed by atoms with E-state index < -0.39 is 5.60 Å². The Bertz CT molecular complexity index is 860. The van der Waals surface area contributed by atoms with Gasteiger partial charge in [-0.15, -0.1) is 11.3 Å². The van der Waals surface area contributed by atoms with Gasteiger partial charge in [0.1, 0.15) is 16.3 Å². The molecule has 1 amide bonds. The number of thiophene rings is 1. The molecule has 0 saturated carbocycles. The summed E-state index contributed by atoms with van der Waals surface area (Å²) in [6.45, 7) is 7.15. The van der Waals surface area contributed by atoms with E-state index in [0.717, 1.165) is 35.0 Å². The van der Waals surface area contributed by atoms with Crippen LogP contribution in [0.2, 0.25) is 5.02 Å². The lowest BCUT2D eigenvalue weighted by molar-refractivity contribution is 0.000985. The third kappa shape index (κ3) is 3.75. The molecule has 2 N–H and O–H groups in total. The number of rotatable bonds is 2. The van der Waals surface area contributed by atoms with Gasteiger partial charge in [-0.05, 0) is 39.7 Å². The average Bonchev–Trinajstić information content (AvgIpc) is 3.19. The molecule has 2 aromatic heterocycles. The smallest absolute Gasteiger partial charge is 0.410 e. The number of nitrogens with zero attached hydrogens (tertiary/aromatic N) is 3. The summed E-state index contributed by atoms with van der Waals surface area (Å²) in [7, 11) is 0. The normalized spacial score (nSPS) is 22.4. The Morgan fingerprint density at radius 3 is 2.67 bits per heavy atom. The summed E-state index contributed by atoms with van der Waals surface area (Å²) in [5.41, 5.74) is 6.45. The van der Waals surface area contributed by atoms with Crippen LogP contribution < -0.4 is 10.6 Å². The molecule has 27 heavy (non-hydrogen) atoms. The van der Waals surface area contributed by atoms with Crippen molar-refractivity contribution < 1.29 is 9.53 Å². The minimum atomic E-state index is -0.481. The van der Waals surface area contributed by atoms with Crippen LogP contribution in [0.4, 0.5) is 14.9 Å². The largest absolute Gasteiger partial charge is 0.444 e. The van der Waals surface area contributed by atoms with Gasteiger partial charge in [-0.1, -0.05) is 22.9 Å². The van der Waals surface area contributed by atoms with Crippen LogP contribution >= 0.6 is 34.3 Å². The first kappa shape index (κ1) is 18.8. The van der Waals surface area contributed by atoms with E-state index in [9.17, 15) is 4.79 Å². The number of aromatic nitrogens is 1. The minimum absolute atomic E-state index is 0.146. The number of hydrogen-bond donors (Lipinski definition) is 1. The zero-order valence-corrected chi connectivity index (χ0v) is 18.0. The summed E-state index contributed by atoms with van der Waals surface area (Å²) in [6.07, 6.45) is 1.83. The van der Waals surface area contributed by atoms with Crippen LogP contribution in [0.15, 0.2) is 11.4 Å². The van der Waals surface area contributed by atoms with Gasteiger partial charge in [-0.25, -0.2) is 9.78 Å². The van der Waals surface area contributed by atoms with Gasteiger partial charge in [0.25, 0.3) is 0 Å².